The lowest BCUT2D eigenvalue weighted by molar-refractivity contribution is -0.137. The lowest BCUT2D eigenvalue weighted by Gasteiger charge is -2.13. The van der Waals surface area contributed by atoms with E-state index in [4.69, 9.17) is 15.6 Å². The topological polar surface area (TPSA) is 72.5 Å². The van der Waals surface area contributed by atoms with Crippen LogP contribution in [0.1, 0.15) is 23.5 Å². The Labute approximate surface area is 107 Å². The Hall–Kier alpha value is -1.10. The van der Waals surface area contributed by atoms with Crippen LogP contribution in [0.15, 0.2) is 24.3 Å². The van der Waals surface area contributed by atoms with Crippen molar-refractivity contribution in [3.8, 4) is 0 Å². The molecular formula is C12H18ClNO3. The number of rotatable bonds is 6. The van der Waals surface area contributed by atoms with Crippen LogP contribution in [0.4, 0.5) is 0 Å². The lowest BCUT2D eigenvalue weighted by Crippen LogP contribution is -2.16. The zero-order valence-electron chi connectivity index (χ0n) is 9.76. The Balaban J connectivity index is 0.00000256. The number of aliphatic carboxylic acids is 1. The minimum absolute atomic E-state index is 0. The summed E-state index contributed by atoms with van der Waals surface area (Å²) in [4.78, 5) is 10.6. The van der Waals surface area contributed by atoms with Gasteiger partial charge < -0.3 is 15.6 Å². The maximum Gasteiger partial charge on any atom is 0.304 e. The van der Waals surface area contributed by atoms with Gasteiger partial charge in [-0.3, -0.25) is 4.79 Å². The molecule has 0 aromatic heterocycles. The van der Waals surface area contributed by atoms with E-state index < -0.39 is 5.97 Å². The maximum atomic E-state index is 10.6. The Morgan fingerprint density at radius 2 is 2.00 bits per heavy atom. The first-order chi connectivity index (χ1) is 7.67. The molecular weight excluding hydrogens is 242 g/mol. The van der Waals surface area contributed by atoms with E-state index in [-0.39, 0.29) is 24.7 Å². The van der Waals surface area contributed by atoms with E-state index in [9.17, 15) is 4.79 Å². The number of ether oxygens (including phenoxy) is 1. The third-order valence-corrected chi connectivity index (χ3v) is 2.47. The van der Waals surface area contributed by atoms with Crippen molar-refractivity contribution < 1.29 is 14.6 Å². The predicted molar refractivity (Wildman–Crippen MR) is 68.5 cm³/mol. The van der Waals surface area contributed by atoms with Gasteiger partial charge in [0.25, 0.3) is 0 Å². The number of carbonyl (C=O) groups is 1. The second-order valence-corrected chi connectivity index (χ2v) is 3.71. The molecule has 1 unspecified atom stereocenters. The SMILES string of the molecule is COCc1ccc(C(CN)CC(=O)O)cc1.Cl. The second-order valence-electron chi connectivity index (χ2n) is 3.71. The highest BCUT2D eigenvalue weighted by Gasteiger charge is 2.13. The van der Waals surface area contributed by atoms with Crippen LogP contribution in [-0.2, 0) is 16.1 Å². The summed E-state index contributed by atoms with van der Waals surface area (Å²) >= 11 is 0. The van der Waals surface area contributed by atoms with E-state index in [1.165, 1.54) is 0 Å². The predicted octanol–water partition coefficient (Wildman–Crippen LogP) is 1.77. The molecule has 1 aromatic carbocycles. The van der Waals surface area contributed by atoms with E-state index in [1.54, 1.807) is 7.11 Å². The molecule has 1 rings (SSSR count). The standard InChI is InChI=1S/C12H17NO3.ClH/c1-16-8-9-2-4-10(5-3-9)11(7-13)6-12(14)15;/h2-5,11H,6-8,13H2,1H3,(H,14,15);1H. The number of methoxy groups -OCH3 is 1. The zero-order valence-corrected chi connectivity index (χ0v) is 10.6. The number of hydrogen-bond donors (Lipinski definition) is 2. The maximum absolute atomic E-state index is 10.6. The van der Waals surface area contributed by atoms with Crippen molar-refractivity contribution in [1.82, 2.24) is 0 Å². The quantitative estimate of drug-likeness (QED) is 0.817. The molecule has 17 heavy (non-hydrogen) atoms. The monoisotopic (exact) mass is 259 g/mol. The Kier molecular flexibility index (Phi) is 7.54. The van der Waals surface area contributed by atoms with Crippen molar-refractivity contribution in [3.63, 3.8) is 0 Å². The van der Waals surface area contributed by atoms with Gasteiger partial charge >= 0.3 is 5.97 Å². The lowest BCUT2D eigenvalue weighted by atomic mass is 9.95. The zero-order chi connectivity index (χ0) is 12.0. The molecule has 1 aromatic rings. The molecule has 0 spiro atoms. The van der Waals surface area contributed by atoms with E-state index in [0.717, 1.165) is 11.1 Å². The second kappa shape index (κ2) is 8.06. The molecule has 0 saturated carbocycles. The molecule has 3 N–H and O–H groups in total. The Morgan fingerprint density at radius 3 is 2.41 bits per heavy atom. The molecule has 0 aliphatic carbocycles. The van der Waals surface area contributed by atoms with Crippen LogP contribution in [-0.4, -0.2) is 24.7 Å². The highest BCUT2D eigenvalue weighted by molar-refractivity contribution is 5.85. The van der Waals surface area contributed by atoms with Crippen LogP contribution >= 0.6 is 12.4 Å². The van der Waals surface area contributed by atoms with Gasteiger partial charge in [0.1, 0.15) is 0 Å². The molecule has 0 amide bonds. The van der Waals surface area contributed by atoms with Gasteiger partial charge in [-0.15, -0.1) is 12.4 Å². The first-order valence-corrected chi connectivity index (χ1v) is 5.17. The average molecular weight is 260 g/mol. The van der Waals surface area contributed by atoms with Gasteiger partial charge in [0.15, 0.2) is 0 Å². The summed E-state index contributed by atoms with van der Waals surface area (Å²) in [5.74, 6) is -0.939. The molecule has 1 atom stereocenters. The fraction of sp³-hybridized carbons (Fsp3) is 0.417. The third-order valence-electron chi connectivity index (χ3n) is 2.47. The Bertz CT molecular complexity index is 340. The smallest absolute Gasteiger partial charge is 0.304 e. The normalized spacial score (nSPS) is 11.6. The van der Waals surface area contributed by atoms with Crippen LogP contribution in [0.2, 0.25) is 0 Å². The summed E-state index contributed by atoms with van der Waals surface area (Å²) in [6.07, 6.45) is 0.0696. The fourth-order valence-electron chi connectivity index (χ4n) is 1.60. The van der Waals surface area contributed by atoms with Crippen LogP contribution in [0.3, 0.4) is 0 Å². The molecule has 0 fully saturated rings. The largest absolute Gasteiger partial charge is 0.481 e. The Morgan fingerprint density at radius 1 is 1.41 bits per heavy atom. The number of benzene rings is 1. The van der Waals surface area contributed by atoms with Crippen molar-refractivity contribution in [2.75, 3.05) is 13.7 Å². The van der Waals surface area contributed by atoms with Crippen LogP contribution < -0.4 is 5.73 Å². The van der Waals surface area contributed by atoms with Crippen molar-refractivity contribution in [1.29, 1.82) is 0 Å². The summed E-state index contributed by atoms with van der Waals surface area (Å²) in [5, 5.41) is 8.74. The van der Waals surface area contributed by atoms with Gasteiger partial charge in [0.2, 0.25) is 0 Å². The average Bonchev–Trinajstić information content (AvgIpc) is 2.27. The number of carboxylic acid groups (broad SMARTS) is 1. The fourth-order valence-corrected chi connectivity index (χ4v) is 1.60. The van der Waals surface area contributed by atoms with Gasteiger partial charge in [-0.1, -0.05) is 24.3 Å². The molecule has 0 saturated heterocycles. The molecule has 96 valence electrons. The number of nitrogens with two attached hydrogens (primary N) is 1. The molecule has 0 radical (unpaired) electrons. The minimum atomic E-state index is -0.823. The summed E-state index contributed by atoms with van der Waals surface area (Å²) in [6.45, 7) is 0.905. The minimum Gasteiger partial charge on any atom is -0.481 e. The van der Waals surface area contributed by atoms with Crippen molar-refractivity contribution >= 4 is 18.4 Å². The van der Waals surface area contributed by atoms with E-state index >= 15 is 0 Å². The van der Waals surface area contributed by atoms with Crippen LogP contribution in [0, 0.1) is 0 Å². The van der Waals surface area contributed by atoms with Crippen molar-refractivity contribution in [3.05, 3.63) is 35.4 Å². The van der Waals surface area contributed by atoms with Crippen LogP contribution in [0.5, 0.6) is 0 Å². The van der Waals surface area contributed by atoms with Crippen molar-refractivity contribution in [2.24, 2.45) is 5.73 Å². The van der Waals surface area contributed by atoms with Gasteiger partial charge in [-0.25, -0.2) is 0 Å². The molecule has 0 aliphatic heterocycles. The van der Waals surface area contributed by atoms with Gasteiger partial charge in [-0.2, -0.15) is 0 Å². The summed E-state index contributed by atoms with van der Waals surface area (Å²) in [6, 6.07) is 7.69. The van der Waals surface area contributed by atoms with Gasteiger partial charge in [0, 0.05) is 13.0 Å². The summed E-state index contributed by atoms with van der Waals surface area (Å²) in [5.41, 5.74) is 7.59. The molecule has 0 heterocycles. The number of halogens is 1. The molecule has 4 nitrogen and oxygen atoms in total. The molecule has 0 aliphatic rings. The summed E-state index contributed by atoms with van der Waals surface area (Å²) in [7, 11) is 1.64. The number of hydrogen-bond acceptors (Lipinski definition) is 3. The van der Waals surface area contributed by atoms with Crippen LogP contribution in [0.25, 0.3) is 0 Å². The van der Waals surface area contributed by atoms with E-state index in [1.807, 2.05) is 24.3 Å². The van der Waals surface area contributed by atoms with E-state index in [2.05, 4.69) is 0 Å². The van der Waals surface area contributed by atoms with Gasteiger partial charge in [-0.05, 0) is 17.7 Å². The number of carboxylic acids is 1. The molecule has 0 bridgehead atoms. The summed E-state index contributed by atoms with van der Waals surface area (Å²) < 4.78 is 5.00. The first-order valence-electron chi connectivity index (χ1n) is 5.17. The van der Waals surface area contributed by atoms with E-state index in [0.29, 0.717) is 13.2 Å². The highest BCUT2D eigenvalue weighted by atomic mass is 35.5. The highest BCUT2D eigenvalue weighted by Crippen LogP contribution is 2.19. The van der Waals surface area contributed by atoms with Gasteiger partial charge in [0.05, 0.1) is 13.0 Å². The van der Waals surface area contributed by atoms with Crippen molar-refractivity contribution in [2.45, 2.75) is 18.9 Å². The molecule has 5 heteroatoms. The third kappa shape index (κ3) is 5.17. The first kappa shape index (κ1) is 15.9.